The van der Waals surface area contributed by atoms with E-state index in [9.17, 15) is 8.42 Å². The van der Waals surface area contributed by atoms with Crippen LogP contribution in [0.5, 0.6) is 0 Å². The van der Waals surface area contributed by atoms with Gasteiger partial charge in [0.25, 0.3) is 0 Å². The Morgan fingerprint density at radius 2 is 2.19 bits per heavy atom. The number of nitrogens with zero attached hydrogens (tertiary/aromatic N) is 2. The van der Waals surface area contributed by atoms with Crippen LogP contribution in [-0.2, 0) is 22.8 Å². The first-order chi connectivity index (χ1) is 7.49. The summed E-state index contributed by atoms with van der Waals surface area (Å²) in [7, 11) is -3.30. The molecule has 1 N–H and O–H groups in total. The number of hydrogen-bond acceptors (Lipinski definition) is 5. The van der Waals surface area contributed by atoms with Gasteiger partial charge in [0.15, 0.2) is 0 Å². The molecule has 1 aliphatic carbocycles. The zero-order valence-electron chi connectivity index (χ0n) is 9.02. The fourth-order valence-electron chi connectivity index (χ4n) is 2.11. The van der Waals surface area contributed by atoms with E-state index >= 15 is 0 Å². The molecule has 0 radical (unpaired) electrons. The first kappa shape index (κ1) is 10.2. The topological polar surface area (TPSA) is 72.0 Å². The van der Waals surface area contributed by atoms with E-state index in [4.69, 9.17) is 0 Å². The number of hydrogen-bond donors (Lipinski definition) is 1. The minimum Gasteiger partial charge on any atom is -0.305 e. The van der Waals surface area contributed by atoms with Crippen LogP contribution in [0.2, 0.25) is 0 Å². The molecule has 1 saturated carbocycles. The van der Waals surface area contributed by atoms with Crippen molar-refractivity contribution in [3.05, 3.63) is 17.5 Å². The fourth-order valence-corrected chi connectivity index (χ4v) is 2.63. The van der Waals surface area contributed by atoms with Gasteiger partial charge in [0.05, 0.1) is 5.69 Å². The van der Waals surface area contributed by atoms with Gasteiger partial charge >= 0.3 is 0 Å². The van der Waals surface area contributed by atoms with Crippen LogP contribution in [-0.4, -0.2) is 30.2 Å². The Kier molecular flexibility index (Phi) is 1.91. The van der Waals surface area contributed by atoms with Gasteiger partial charge in [-0.15, -0.1) is 0 Å². The highest BCUT2D eigenvalue weighted by Gasteiger charge is 2.45. The van der Waals surface area contributed by atoms with Crippen molar-refractivity contribution in [2.75, 3.05) is 6.26 Å². The molecule has 0 unspecified atom stereocenters. The fraction of sp³-hybridized carbons (Fsp3) is 0.600. The van der Waals surface area contributed by atoms with Crippen LogP contribution in [0, 0.1) is 0 Å². The quantitative estimate of drug-likeness (QED) is 0.702. The van der Waals surface area contributed by atoms with E-state index in [-0.39, 0.29) is 10.7 Å². The van der Waals surface area contributed by atoms with Crippen molar-refractivity contribution >= 4 is 9.84 Å². The highest BCUT2D eigenvalue weighted by molar-refractivity contribution is 7.90. The Morgan fingerprint density at radius 3 is 2.81 bits per heavy atom. The summed E-state index contributed by atoms with van der Waals surface area (Å²) in [5, 5.41) is 3.35. The maximum atomic E-state index is 11.3. The lowest BCUT2D eigenvalue weighted by Gasteiger charge is -2.24. The molecule has 2 heterocycles. The molecule has 1 aliphatic heterocycles. The minimum atomic E-state index is -3.30. The molecule has 0 aromatic carbocycles. The summed E-state index contributed by atoms with van der Waals surface area (Å²) >= 11 is 0. The van der Waals surface area contributed by atoms with Crippen LogP contribution in [0.15, 0.2) is 11.4 Å². The third-order valence-corrected chi connectivity index (χ3v) is 4.14. The lowest BCUT2D eigenvalue weighted by Crippen LogP contribution is -2.38. The summed E-state index contributed by atoms with van der Waals surface area (Å²) in [6.45, 7) is 0.653. The van der Waals surface area contributed by atoms with Crippen molar-refractivity contribution in [1.82, 2.24) is 15.3 Å². The molecule has 0 bridgehead atoms. The van der Waals surface area contributed by atoms with Gasteiger partial charge in [-0.2, -0.15) is 0 Å². The highest BCUT2D eigenvalue weighted by Crippen LogP contribution is 2.41. The van der Waals surface area contributed by atoms with Gasteiger partial charge in [-0.1, -0.05) is 0 Å². The zero-order valence-corrected chi connectivity index (χ0v) is 9.84. The van der Waals surface area contributed by atoms with E-state index < -0.39 is 9.84 Å². The molecule has 1 spiro atoms. The number of fused-ring (bicyclic) bond motifs is 1. The Bertz CT molecular complexity index is 549. The van der Waals surface area contributed by atoms with Gasteiger partial charge in [-0.3, -0.25) is 0 Å². The SMILES string of the molecule is CS(=O)(=O)c1ncc2c(n1)CNC1(CC1)C2. The summed E-state index contributed by atoms with van der Waals surface area (Å²) in [5.74, 6) is 0. The summed E-state index contributed by atoms with van der Waals surface area (Å²) in [4.78, 5) is 8.05. The molecular formula is C10H13N3O2S. The Balaban J connectivity index is 2.01. The van der Waals surface area contributed by atoms with Gasteiger partial charge in [-0.05, 0) is 24.8 Å². The summed E-state index contributed by atoms with van der Waals surface area (Å²) < 4.78 is 22.6. The maximum absolute atomic E-state index is 11.3. The molecule has 86 valence electrons. The molecule has 0 amide bonds. The van der Waals surface area contributed by atoms with Crippen LogP contribution >= 0.6 is 0 Å². The predicted octanol–water partition coefficient (Wildman–Crippen LogP) is 0.0584. The number of rotatable bonds is 1. The molecular weight excluding hydrogens is 226 g/mol. The summed E-state index contributed by atoms with van der Waals surface area (Å²) in [6.07, 6.45) is 6.11. The van der Waals surface area contributed by atoms with Gasteiger partial charge in [-0.25, -0.2) is 18.4 Å². The van der Waals surface area contributed by atoms with E-state index in [0.717, 1.165) is 23.9 Å². The molecule has 1 aromatic heterocycles. The lowest BCUT2D eigenvalue weighted by molar-refractivity contribution is 0.451. The molecule has 1 aromatic rings. The number of sulfone groups is 1. The zero-order chi connectivity index (χ0) is 11.4. The largest absolute Gasteiger partial charge is 0.305 e. The van der Waals surface area contributed by atoms with Gasteiger partial charge in [0, 0.05) is 24.5 Å². The molecule has 5 nitrogen and oxygen atoms in total. The van der Waals surface area contributed by atoms with E-state index in [1.165, 1.54) is 12.8 Å². The molecule has 6 heteroatoms. The third kappa shape index (κ3) is 1.62. The van der Waals surface area contributed by atoms with Gasteiger partial charge in [0.2, 0.25) is 15.0 Å². The predicted molar refractivity (Wildman–Crippen MR) is 57.7 cm³/mol. The number of nitrogens with one attached hydrogen (secondary N) is 1. The van der Waals surface area contributed by atoms with Crippen LogP contribution in [0.4, 0.5) is 0 Å². The molecule has 0 saturated heterocycles. The summed E-state index contributed by atoms with van der Waals surface area (Å²) in [5.41, 5.74) is 2.18. The van der Waals surface area contributed by atoms with Crippen molar-refractivity contribution in [2.45, 2.75) is 36.5 Å². The van der Waals surface area contributed by atoms with E-state index in [1.807, 2.05) is 0 Å². The third-order valence-electron chi connectivity index (χ3n) is 3.28. The number of aromatic nitrogens is 2. The van der Waals surface area contributed by atoms with Crippen LogP contribution in [0.3, 0.4) is 0 Å². The van der Waals surface area contributed by atoms with Crippen molar-refractivity contribution in [1.29, 1.82) is 0 Å². The first-order valence-electron chi connectivity index (χ1n) is 5.28. The normalized spacial score (nSPS) is 21.8. The average molecular weight is 239 g/mol. The Morgan fingerprint density at radius 1 is 1.44 bits per heavy atom. The van der Waals surface area contributed by atoms with Crippen molar-refractivity contribution < 1.29 is 8.42 Å². The van der Waals surface area contributed by atoms with Crippen LogP contribution in [0.25, 0.3) is 0 Å². The van der Waals surface area contributed by atoms with E-state index in [1.54, 1.807) is 6.20 Å². The molecule has 0 atom stereocenters. The standard InChI is InChI=1S/C10H13N3O2S/c1-16(14,15)9-11-5-7-4-10(2-3-10)12-6-8(7)13-9/h5,12H,2-4,6H2,1H3. The molecule has 2 aliphatic rings. The van der Waals surface area contributed by atoms with Crippen molar-refractivity contribution in [3.8, 4) is 0 Å². The van der Waals surface area contributed by atoms with E-state index in [2.05, 4.69) is 15.3 Å². The highest BCUT2D eigenvalue weighted by atomic mass is 32.2. The second kappa shape index (κ2) is 3.01. The lowest BCUT2D eigenvalue weighted by atomic mass is 10.00. The second-order valence-electron chi connectivity index (χ2n) is 4.71. The Labute approximate surface area is 94.2 Å². The second-order valence-corrected chi connectivity index (χ2v) is 6.62. The Hall–Kier alpha value is -1.01. The van der Waals surface area contributed by atoms with Crippen molar-refractivity contribution in [3.63, 3.8) is 0 Å². The smallest absolute Gasteiger partial charge is 0.247 e. The van der Waals surface area contributed by atoms with Gasteiger partial charge < -0.3 is 5.32 Å². The monoisotopic (exact) mass is 239 g/mol. The average Bonchev–Trinajstić information content (AvgIpc) is 2.95. The van der Waals surface area contributed by atoms with Crippen molar-refractivity contribution in [2.24, 2.45) is 0 Å². The molecule has 1 fully saturated rings. The minimum absolute atomic E-state index is 0.0696. The first-order valence-corrected chi connectivity index (χ1v) is 7.18. The van der Waals surface area contributed by atoms with E-state index in [0.29, 0.717) is 6.54 Å². The van der Waals surface area contributed by atoms with Crippen LogP contribution in [0.1, 0.15) is 24.1 Å². The van der Waals surface area contributed by atoms with Gasteiger partial charge in [0.1, 0.15) is 0 Å². The molecule has 16 heavy (non-hydrogen) atoms. The van der Waals surface area contributed by atoms with Crippen LogP contribution < -0.4 is 5.32 Å². The maximum Gasteiger partial charge on any atom is 0.247 e. The molecule has 3 rings (SSSR count). The summed E-state index contributed by atoms with van der Waals surface area (Å²) in [6, 6.07) is 0.